The fourth-order valence-corrected chi connectivity index (χ4v) is 2.26. The molecule has 2 rings (SSSR count). The Morgan fingerprint density at radius 2 is 2.14 bits per heavy atom. The summed E-state index contributed by atoms with van der Waals surface area (Å²) >= 11 is 0. The number of rotatable bonds is 6. The molecule has 21 heavy (non-hydrogen) atoms. The highest BCUT2D eigenvalue weighted by Gasteiger charge is 2.21. The van der Waals surface area contributed by atoms with Crippen molar-refractivity contribution in [1.29, 1.82) is 0 Å². The molecule has 1 heterocycles. The van der Waals surface area contributed by atoms with Gasteiger partial charge < -0.3 is 16.4 Å². The van der Waals surface area contributed by atoms with Crippen LogP contribution in [0.25, 0.3) is 0 Å². The molecule has 1 aliphatic heterocycles. The smallest absolute Gasteiger partial charge is 0.321 e. The van der Waals surface area contributed by atoms with Crippen LogP contribution in [-0.4, -0.2) is 31.6 Å². The molecule has 6 heteroatoms. The molecule has 1 saturated heterocycles. The Morgan fingerprint density at radius 1 is 1.43 bits per heavy atom. The van der Waals surface area contributed by atoms with Crippen molar-refractivity contribution in [1.82, 2.24) is 5.32 Å². The Labute approximate surface area is 124 Å². The third kappa shape index (κ3) is 3.95. The van der Waals surface area contributed by atoms with Gasteiger partial charge in [0.2, 0.25) is 5.91 Å². The number of nitrogens with zero attached hydrogens (tertiary/aromatic N) is 1. The molecule has 3 amide bonds. The lowest BCUT2D eigenvalue weighted by molar-refractivity contribution is -0.119. The summed E-state index contributed by atoms with van der Waals surface area (Å²) in [6.07, 6.45) is 1.63. The summed E-state index contributed by atoms with van der Waals surface area (Å²) < 4.78 is 0. The zero-order chi connectivity index (χ0) is 15.2. The normalized spacial score (nSPS) is 15.7. The molecule has 1 unspecified atom stereocenters. The van der Waals surface area contributed by atoms with Gasteiger partial charge in [0.05, 0.1) is 0 Å². The molecule has 0 spiro atoms. The summed E-state index contributed by atoms with van der Waals surface area (Å²) in [5, 5.41) is 5.64. The number of amides is 3. The molecule has 1 aromatic rings. The number of urea groups is 1. The molecule has 1 aromatic carbocycles. The fraction of sp³-hybridized carbons (Fsp3) is 0.467. The maximum Gasteiger partial charge on any atom is 0.321 e. The van der Waals surface area contributed by atoms with Crippen LogP contribution in [0.15, 0.2) is 24.3 Å². The first-order valence-electron chi connectivity index (χ1n) is 7.28. The molecule has 0 bridgehead atoms. The van der Waals surface area contributed by atoms with Gasteiger partial charge in [-0.25, -0.2) is 4.79 Å². The minimum Gasteiger partial charge on any atom is -0.336 e. The Kier molecular flexibility index (Phi) is 5.16. The second-order valence-electron chi connectivity index (χ2n) is 5.25. The molecule has 0 saturated carbocycles. The van der Waals surface area contributed by atoms with E-state index in [0.717, 1.165) is 24.2 Å². The Bertz CT molecular complexity index is 501. The number of hydrogen-bond acceptors (Lipinski definition) is 3. The molecule has 4 N–H and O–H groups in total. The Morgan fingerprint density at radius 3 is 2.71 bits per heavy atom. The summed E-state index contributed by atoms with van der Waals surface area (Å²) in [6.45, 7) is 3.83. The molecule has 6 nitrogen and oxygen atoms in total. The van der Waals surface area contributed by atoms with Crippen molar-refractivity contribution in [2.24, 2.45) is 11.7 Å². The predicted octanol–water partition coefficient (Wildman–Crippen LogP) is 1.53. The van der Waals surface area contributed by atoms with E-state index in [1.165, 1.54) is 0 Å². The predicted molar refractivity (Wildman–Crippen MR) is 83.3 cm³/mol. The first-order chi connectivity index (χ1) is 10.1. The molecule has 0 aliphatic carbocycles. The highest BCUT2D eigenvalue weighted by Crippen LogP contribution is 2.20. The van der Waals surface area contributed by atoms with Crippen LogP contribution in [-0.2, 0) is 4.79 Å². The van der Waals surface area contributed by atoms with Crippen LogP contribution in [0.5, 0.6) is 0 Å². The zero-order valence-corrected chi connectivity index (χ0v) is 12.3. The van der Waals surface area contributed by atoms with Gasteiger partial charge in [-0.2, -0.15) is 0 Å². The van der Waals surface area contributed by atoms with E-state index in [0.29, 0.717) is 19.6 Å². The Balaban J connectivity index is 1.93. The van der Waals surface area contributed by atoms with Crippen LogP contribution >= 0.6 is 0 Å². The third-order valence-corrected chi connectivity index (χ3v) is 3.59. The molecule has 0 aromatic heterocycles. The number of anilines is 2. The SMILES string of the molecule is CC(CCCN)C(=O)Nc1ccc(N2CCNC2=O)cc1. The van der Waals surface area contributed by atoms with Crippen LogP contribution in [0.4, 0.5) is 16.2 Å². The van der Waals surface area contributed by atoms with Gasteiger partial charge in [-0.05, 0) is 43.7 Å². The summed E-state index contributed by atoms with van der Waals surface area (Å²) in [5.74, 6) is -0.0623. The number of carbonyl (C=O) groups is 2. The van der Waals surface area contributed by atoms with E-state index in [4.69, 9.17) is 5.73 Å². The van der Waals surface area contributed by atoms with E-state index in [1.807, 2.05) is 31.2 Å². The fourth-order valence-electron chi connectivity index (χ4n) is 2.26. The van der Waals surface area contributed by atoms with E-state index in [9.17, 15) is 9.59 Å². The van der Waals surface area contributed by atoms with Crippen LogP contribution < -0.4 is 21.3 Å². The maximum atomic E-state index is 12.0. The minimum absolute atomic E-state index is 0.00452. The van der Waals surface area contributed by atoms with Crippen molar-refractivity contribution in [3.05, 3.63) is 24.3 Å². The van der Waals surface area contributed by atoms with Gasteiger partial charge in [0.1, 0.15) is 0 Å². The molecule has 0 radical (unpaired) electrons. The summed E-state index contributed by atoms with van der Waals surface area (Å²) in [5.41, 5.74) is 7.02. The van der Waals surface area contributed by atoms with Gasteiger partial charge in [-0.1, -0.05) is 6.92 Å². The number of nitrogens with one attached hydrogen (secondary N) is 2. The average molecular weight is 290 g/mol. The lowest BCUT2D eigenvalue weighted by Crippen LogP contribution is -2.27. The van der Waals surface area contributed by atoms with Gasteiger partial charge >= 0.3 is 6.03 Å². The molecule has 1 atom stereocenters. The van der Waals surface area contributed by atoms with Crippen molar-refractivity contribution in [3.8, 4) is 0 Å². The molecule has 1 fully saturated rings. The van der Waals surface area contributed by atoms with Gasteiger partial charge in [0.15, 0.2) is 0 Å². The highest BCUT2D eigenvalue weighted by molar-refractivity contribution is 5.95. The van der Waals surface area contributed by atoms with Crippen LogP contribution in [0.2, 0.25) is 0 Å². The van der Waals surface area contributed by atoms with E-state index in [1.54, 1.807) is 4.90 Å². The zero-order valence-electron chi connectivity index (χ0n) is 12.3. The Hall–Kier alpha value is -2.08. The third-order valence-electron chi connectivity index (χ3n) is 3.59. The van der Waals surface area contributed by atoms with Gasteiger partial charge in [-0.3, -0.25) is 9.69 Å². The van der Waals surface area contributed by atoms with Crippen LogP contribution in [0.1, 0.15) is 19.8 Å². The largest absolute Gasteiger partial charge is 0.336 e. The van der Waals surface area contributed by atoms with Crippen molar-refractivity contribution in [2.45, 2.75) is 19.8 Å². The van der Waals surface area contributed by atoms with E-state index >= 15 is 0 Å². The van der Waals surface area contributed by atoms with Crippen molar-refractivity contribution in [2.75, 3.05) is 29.9 Å². The monoisotopic (exact) mass is 290 g/mol. The average Bonchev–Trinajstić information content (AvgIpc) is 2.91. The standard InChI is InChI=1S/C15H22N4O2/c1-11(3-2-8-16)14(20)18-12-4-6-13(7-5-12)19-10-9-17-15(19)21/h4-7,11H,2-3,8-10,16H2,1H3,(H,17,21)(H,18,20). The molecule has 114 valence electrons. The number of hydrogen-bond donors (Lipinski definition) is 3. The van der Waals surface area contributed by atoms with Gasteiger partial charge in [0, 0.05) is 30.4 Å². The van der Waals surface area contributed by atoms with E-state index in [-0.39, 0.29) is 17.9 Å². The molecular weight excluding hydrogens is 268 g/mol. The summed E-state index contributed by atoms with van der Waals surface area (Å²) in [7, 11) is 0. The first-order valence-corrected chi connectivity index (χ1v) is 7.28. The van der Waals surface area contributed by atoms with E-state index < -0.39 is 0 Å². The van der Waals surface area contributed by atoms with Crippen LogP contribution in [0, 0.1) is 5.92 Å². The molecule has 1 aliphatic rings. The lowest BCUT2D eigenvalue weighted by atomic mass is 10.0. The number of carbonyl (C=O) groups excluding carboxylic acids is 2. The minimum atomic E-state index is -0.0813. The van der Waals surface area contributed by atoms with Crippen molar-refractivity contribution < 1.29 is 9.59 Å². The maximum absolute atomic E-state index is 12.0. The molecular formula is C15H22N4O2. The highest BCUT2D eigenvalue weighted by atomic mass is 16.2. The van der Waals surface area contributed by atoms with Gasteiger partial charge in [-0.15, -0.1) is 0 Å². The lowest BCUT2D eigenvalue weighted by Gasteiger charge is -2.15. The topological polar surface area (TPSA) is 87.5 Å². The second kappa shape index (κ2) is 7.08. The quantitative estimate of drug-likeness (QED) is 0.742. The van der Waals surface area contributed by atoms with Crippen molar-refractivity contribution in [3.63, 3.8) is 0 Å². The first kappa shape index (κ1) is 15.3. The number of nitrogens with two attached hydrogens (primary N) is 1. The van der Waals surface area contributed by atoms with Crippen LogP contribution in [0.3, 0.4) is 0 Å². The number of benzene rings is 1. The van der Waals surface area contributed by atoms with E-state index in [2.05, 4.69) is 10.6 Å². The van der Waals surface area contributed by atoms with Crippen molar-refractivity contribution >= 4 is 23.3 Å². The summed E-state index contributed by atoms with van der Waals surface area (Å²) in [4.78, 5) is 25.2. The summed E-state index contributed by atoms with van der Waals surface area (Å²) in [6, 6.07) is 7.22. The second-order valence-corrected chi connectivity index (χ2v) is 5.25. The van der Waals surface area contributed by atoms with Gasteiger partial charge in [0.25, 0.3) is 0 Å².